The number of carbonyl (C=O) groups excluding carboxylic acids is 2. The van der Waals surface area contributed by atoms with Gasteiger partial charge in [-0.3, -0.25) is 23.9 Å². The summed E-state index contributed by atoms with van der Waals surface area (Å²) < 4.78 is 16.0. The molecule has 2 fully saturated rings. The van der Waals surface area contributed by atoms with Gasteiger partial charge in [-0.2, -0.15) is 0 Å². The Morgan fingerprint density at radius 2 is 1.69 bits per heavy atom. The normalized spacial score (nSPS) is 16.6. The van der Waals surface area contributed by atoms with Gasteiger partial charge < -0.3 is 9.80 Å². The summed E-state index contributed by atoms with van der Waals surface area (Å²) in [6, 6.07) is 8.76. The zero-order valence-corrected chi connectivity index (χ0v) is 20.4. The maximum Gasteiger partial charge on any atom is 0.329 e. The number of rotatable bonds is 4. The van der Waals surface area contributed by atoms with Crippen molar-refractivity contribution < 1.29 is 14.0 Å². The van der Waals surface area contributed by atoms with Gasteiger partial charge in [0.25, 0.3) is 11.5 Å². The number of fused-ring (bicyclic) bond motifs is 1. The molecule has 5 rings (SSSR count). The van der Waals surface area contributed by atoms with Crippen molar-refractivity contribution in [1.29, 1.82) is 0 Å². The minimum Gasteiger partial charge on any atom is -0.339 e. The first-order valence-electron chi connectivity index (χ1n) is 12.1. The van der Waals surface area contributed by atoms with Crippen LogP contribution in [0.15, 0.2) is 46.0 Å². The Labute approximate surface area is 211 Å². The lowest BCUT2D eigenvalue weighted by molar-refractivity contribution is -0.136. The Balaban J connectivity index is 1.35. The molecule has 2 amide bonds. The van der Waals surface area contributed by atoms with E-state index >= 15 is 0 Å². The van der Waals surface area contributed by atoms with Crippen LogP contribution in [0.25, 0.3) is 10.9 Å². The molecule has 3 aromatic rings. The smallest absolute Gasteiger partial charge is 0.329 e. The van der Waals surface area contributed by atoms with Gasteiger partial charge in [0.1, 0.15) is 5.82 Å². The van der Waals surface area contributed by atoms with Crippen molar-refractivity contribution in [2.45, 2.75) is 32.2 Å². The molecule has 2 heterocycles. The number of carbonyl (C=O) groups is 2. The van der Waals surface area contributed by atoms with Crippen LogP contribution in [0.2, 0.25) is 5.02 Å². The molecule has 0 radical (unpaired) electrons. The highest BCUT2D eigenvalue weighted by molar-refractivity contribution is 6.35. The number of aromatic nitrogens is 2. The lowest BCUT2D eigenvalue weighted by Crippen LogP contribution is -2.51. The van der Waals surface area contributed by atoms with E-state index in [4.69, 9.17) is 11.6 Å². The average molecular weight is 513 g/mol. The van der Waals surface area contributed by atoms with Gasteiger partial charge in [0.15, 0.2) is 0 Å². The molecule has 10 heteroatoms. The monoisotopic (exact) mass is 512 g/mol. The van der Waals surface area contributed by atoms with E-state index in [1.54, 1.807) is 17.0 Å². The van der Waals surface area contributed by atoms with E-state index in [0.717, 1.165) is 25.7 Å². The molecule has 1 saturated carbocycles. The fourth-order valence-electron chi connectivity index (χ4n) is 5.20. The van der Waals surface area contributed by atoms with Crippen LogP contribution in [0.5, 0.6) is 0 Å². The minimum absolute atomic E-state index is 0.106. The molecule has 0 atom stereocenters. The second-order valence-electron chi connectivity index (χ2n) is 9.38. The van der Waals surface area contributed by atoms with E-state index in [0.29, 0.717) is 31.7 Å². The maximum atomic E-state index is 14.8. The van der Waals surface area contributed by atoms with Crippen molar-refractivity contribution in [3.63, 3.8) is 0 Å². The Bertz CT molecular complexity index is 1450. The van der Waals surface area contributed by atoms with E-state index in [2.05, 4.69) is 4.98 Å². The van der Waals surface area contributed by atoms with E-state index in [-0.39, 0.29) is 45.8 Å². The van der Waals surface area contributed by atoms with E-state index in [1.807, 2.05) is 4.90 Å². The number of benzene rings is 2. The van der Waals surface area contributed by atoms with E-state index in [1.165, 1.54) is 28.8 Å². The summed E-state index contributed by atoms with van der Waals surface area (Å²) in [7, 11) is 0. The molecule has 0 spiro atoms. The van der Waals surface area contributed by atoms with Crippen molar-refractivity contribution in [2.75, 3.05) is 26.2 Å². The highest BCUT2D eigenvalue weighted by Crippen LogP contribution is 2.27. The van der Waals surface area contributed by atoms with Gasteiger partial charge in [-0.05, 0) is 43.2 Å². The van der Waals surface area contributed by atoms with Crippen molar-refractivity contribution in [3.05, 3.63) is 79.2 Å². The summed E-state index contributed by atoms with van der Waals surface area (Å²) in [5.41, 5.74) is -0.621. The number of H-pyrrole nitrogens is 1. The van der Waals surface area contributed by atoms with Gasteiger partial charge in [0, 0.05) is 43.2 Å². The molecule has 2 aromatic carbocycles. The van der Waals surface area contributed by atoms with E-state index in [9.17, 15) is 23.6 Å². The van der Waals surface area contributed by atoms with Gasteiger partial charge in [0.05, 0.1) is 22.5 Å². The molecule has 36 heavy (non-hydrogen) atoms. The van der Waals surface area contributed by atoms with E-state index < -0.39 is 17.1 Å². The Kier molecular flexibility index (Phi) is 6.66. The van der Waals surface area contributed by atoms with Gasteiger partial charge >= 0.3 is 5.69 Å². The van der Waals surface area contributed by atoms with Crippen LogP contribution >= 0.6 is 11.6 Å². The lowest BCUT2D eigenvalue weighted by atomic mass is 10.1. The minimum atomic E-state index is -0.700. The molecule has 8 nitrogen and oxygen atoms in total. The second kappa shape index (κ2) is 9.89. The summed E-state index contributed by atoms with van der Waals surface area (Å²) in [6.45, 7) is 1.59. The van der Waals surface area contributed by atoms with Crippen LogP contribution in [-0.4, -0.2) is 57.3 Å². The molecule has 2 aliphatic rings. The second-order valence-corrected chi connectivity index (χ2v) is 9.79. The molecular weight excluding hydrogens is 487 g/mol. The van der Waals surface area contributed by atoms with Gasteiger partial charge in [0.2, 0.25) is 5.91 Å². The van der Waals surface area contributed by atoms with Crippen LogP contribution in [0.1, 0.15) is 41.6 Å². The molecule has 1 saturated heterocycles. The van der Waals surface area contributed by atoms with Crippen LogP contribution in [0.3, 0.4) is 0 Å². The average Bonchev–Trinajstić information content (AvgIpc) is 3.42. The largest absolute Gasteiger partial charge is 0.339 e. The Morgan fingerprint density at radius 1 is 1.00 bits per heavy atom. The maximum absolute atomic E-state index is 14.8. The van der Waals surface area contributed by atoms with Crippen molar-refractivity contribution in [2.24, 2.45) is 5.92 Å². The third-order valence-corrected chi connectivity index (χ3v) is 7.49. The van der Waals surface area contributed by atoms with Crippen LogP contribution in [-0.2, 0) is 11.3 Å². The third-order valence-electron chi connectivity index (χ3n) is 7.18. The first-order chi connectivity index (χ1) is 17.3. The SMILES string of the molecule is O=C(c1ccc(F)c(Cn2c(=O)[nH]c(=O)c3c(Cl)cccc32)c1)N1CCN(C(=O)C2CCCC2)CC1. The molecule has 0 bridgehead atoms. The first kappa shape index (κ1) is 24.2. The van der Waals surface area contributed by atoms with Gasteiger partial charge in [-0.1, -0.05) is 30.5 Å². The lowest BCUT2D eigenvalue weighted by Gasteiger charge is -2.36. The molecule has 1 N–H and O–H groups in total. The fraction of sp³-hybridized carbons (Fsp3) is 0.385. The summed E-state index contributed by atoms with van der Waals surface area (Å²) in [5.74, 6) is -0.547. The topological polar surface area (TPSA) is 95.5 Å². The Morgan fingerprint density at radius 3 is 2.42 bits per heavy atom. The third kappa shape index (κ3) is 4.55. The quantitative estimate of drug-likeness (QED) is 0.581. The number of piperazine rings is 1. The summed E-state index contributed by atoms with van der Waals surface area (Å²) >= 11 is 6.16. The van der Waals surface area contributed by atoms with Gasteiger partial charge in [-0.25, -0.2) is 9.18 Å². The standard InChI is InChI=1S/C26H26ClFN4O4/c27-19-6-3-7-21-22(19)23(33)29-26(36)32(21)15-18-14-17(8-9-20(18)28)25(35)31-12-10-30(11-13-31)24(34)16-4-1-2-5-16/h3,6-9,14,16H,1-2,4-5,10-13,15H2,(H,29,33,36). The highest BCUT2D eigenvalue weighted by atomic mass is 35.5. The van der Waals surface area contributed by atoms with Gasteiger partial charge in [-0.15, -0.1) is 0 Å². The molecule has 1 aliphatic heterocycles. The van der Waals surface area contributed by atoms with Crippen LogP contribution < -0.4 is 11.2 Å². The molecule has 188 valence electrons. The van der Waals surface area contributed by atoms with Crippen LogP contribution in [0, 0.1) is 11.7 Å². The zero-order valence-electron chi connectivity index (χ0n) is 19.6. The molecular formula is C26H26ClFN4O4. The predicted octanol–water partition coefficient (Wildman–Crippen LogP) is 3.01. The number of nitrogens with zero attached hydrogens (tertiary/aromatic N) is 3. The Hall–Kier alpha value is -3.46. The first-order valence-corrected chi connectivity index (χ1v) is 12.5. The molecule has 0 unspecified atom stereocenters. The zero-order chi connectivity index (χ0) is 25.4. The molecule has 1 aromatic heterocycles. The number of halogens is 2. The number of aromatic amines is 1. The number of hydrogen-bond donors (Lipinski definition) is 1. The number of amides is 2. The van der Waals surface area contributed by atoms with Crippen molar-refractivity contribution >= 4 is 34.3 Å². The van der Waals surface area contributed by atoms with Crippen LogP contribution in [0.4, 0.5) is 4.39 Å². The predicted molar refractivity (Wildman–Crippen MR) is 134 cm³/mol. The number of hydrogen-bond acceptors (Lipinski definition) is 4. The summed E-state index contributed by atoms with van der Waals surface area (Å²) in [6.07, 6.45) is 4.07. The summed E-state index contributed by atoms with van der Waals surface area (Å²) in [4.78, 5) is 56.4. The molecule has 1 aliphatic carbocycles. The highest BCUT2D eigenvalue weighted by Gasteiger charge is 2.31. The number of nitrogens with one attached hydrogen (secondary N) is 1. The van der Waals surface area contributed by atoms with Crippen molar-refractivity contribution in [3.8, 4) is 0 Å². The fourth-order valence-corrected chi connectivity index (χ4v) is 5.45. The summed E-state index contributed by atoms with van der Waals surface area (Å²) in [5, 5.41) is 0.314. The van der Waals surface area contributed by atoms with Crippen molar-refractivity contribution in [1.82, 2.24) is 19.4 Å².